The Bertz CT molecular complexity index is 946. The predicted molar refractivity (Wildman–Crippen MR) is 111 cm³/mol. The van der Waals surface area contributed by atoms with Crippen LogP contribution in [0.3, 0.4) is 0 Å². The van der Waals surface area contributed by atoms with Crippen molar-refractivity contribution in [3.05, 3.63) is 26.4 Å². The van der Waals surface area contributed by atoms with Crippen molar-refractivity contribution < 1.29 is 23.5 Å². The van der Waals surface area contributed by atoms with Gasteiger partial charge in [0.1, 0.15) is 5.00 Å². The molecule has 10 heteroatoms. The number of esters is 1. The van der Waals surface area contributed by atoms with Gasteiger partial charge in [0.25, 0.3) is 0 Å². The molecule has 1 aliphatic rings. The van der Waals surface area contributed by atoms with Crippen LogP contribution in [0.4, 0.5) is 5.00 Å². The molecule has 2 aromatic rings. The van der Waals surface area contributed by atoms with Crippen LogP contribution in [0, 0.1) is 0 Å². The first-order chi connectivity index (χ1) is 13.9. The molecular formula is C19H26N3O5S2+. The molecule has 0 fully saturated rings. The first-order valence-electron chi connectivity index (χ1n) is 9.79. The summed E-state index contributed by atoms with van der Waals surface area (Å²) in [7, 11) is 1.63. The van der Waals surface area contributed by atoms with E-state index in [9.17, 15) is 14.4 Å². The number of thiophene rings is 1. The number of anilines is 1. The molecule has 158 valence electrons. The molecule has 0 aromatic carbocycles. The fourth-order valence-electron chi connectivity index (χ4n) is 3.32. The lowest BCUT2D eigenvalue weighted by molar-refractivity contribution is -0.772. The van der Waals surface area contributed by atoms with Crippen LogP contribution in [0.1, 0.15) is 60.3 Å². The van der Waals surface area contributed by atoms with Crippen molar-refractivity contribution >= 4 is 40.0 Å². The second kappa shape index (κ2) is 9.62. The highest BCUT2D eigenvalue weighted by atomic mass is 32.2. The van der Waals surface area contributed by atoms with Crippen LogP contribution in [0.2, 0.25) is 0 Å². The molecule has 0 bridgehead atoms. The highest BCUT2D eigenvalue weighted by Crippen LogP contribution is 2.38. The zero-order valence-corrected chi connectivity index (χ0v) is 18.5. The van der Waals surface area contributed by atoms with Crippen LogP contribution in [-0.2, 0) is 29.4 Å². The summed E-state index contributed by atoms with van der Waals surface area (Å²) in [5.74, 6) is -0.672. The Morgan fingerprint density at radius 2 is 2.03 bits per heavy atom. The summed E-state index contributed by atoms with van der Waals surface area (Å²) in [4.78, 5) is 38.4. The molecule has 2 N–H and O–H groups in total. The van der Waals surface area contributed by atoms with Gasteiger partial charge in [-0.25, -0.2) is 9.59 Å². The van der Waals surface area contributed by atoms with Gasteiger partial charge < -0.3 is 10.1 Å². The molecule has 29 heavy (non-hydrogen) atoms. The van der Waals surface area contributed by atoms with Crippen LogP contribution >= 0.6 is 23.1 Å². The number of rotatable bonds is 6. The third-order valence-corrected chi connectivity index (χ3v) is 7.24. The standard InChI is InChI=1S/C19H25N3O5S2/c1-4-26-18(24)14-12-9-7-5-6-8-10-13(12)29-16(14)20-15(23)11(2)28-17-19(25)27-21-22(17)3/h11H,4-10H2,1-3H3,(H-,20,21,23,24,25)/p+1. The topological polar surface area (TPSA) is 105 Å². The smallest absolute Gasteiger partial charge is 0.441 e. The molecule has 1 atom stereocenters. The van der Waals surface area contributed by atoms with Crippen molar-refractivity contribution in [1.29, 1.82) is 0 Å². The maximum absolute atomic E-state index is 12.8. The summed E-state index contributed by atoms with van der Waals surface area (Å²) < 4.78 is 11.4. The van der Waals surface area contributed by atoms with Crippen molar-refractivity contribution in [3.8, 4) is 0 Å². The monoisotopic (exact) mass is 440 g/mol. The van der Waals surface area contributed by atoms with Crippen molar-refractivity contribution in [2.45, 2.75) is 62.6 Å². The molecule has 0 spiro atoms. The average Bonchev–Trinajstić information content (AvgIpc) is 3.15. The Labute approximate surface area is 177 Å². The van der Waals surface area contributed by atoms with E-state index in [1.165, 1.54) is 22.4 Å². The molecule has 0 saturated heterocycles. The zero-order valence-electron chi connectivity index (χ0n) is 16.8. The van der Waals surface area contributed by atoms with Gasteiger partial charge in [0.2, 0.25) is 5.91 Å². The maximum Gasteiger partial charge on any atom is 0.441 e. The van der Waals surface area contributed by atoms with Crippen LogP contribution in [0.25, 0.3) is 0 Å². The van der Waals surface area contributed by atoms with Crippen LogP contribution in [0.15, 0.2) is 14.3 Å². The predicted octanol–water partition coefficient (Wildman–Crippen LogP) is 2.81. The lowest BCUT2D eigenvalue weighted by Crippen LogP contribution is -2.35. The van der Waals surface area contributed by atoms with E-state index in [0.717, 1.165) is 54.3 Å². The number of nitrogens with zero attached hydrogens (tertiary/aromatic N) is 1. The highest BCUT2D eigenvalue weighted by molar-refractivity contribution is 8.00. The van der Waals surface area contributed by atoms with E-state index in [1.54, 1.807) is 20.9 Å². The molecule has 1 unspecified atom stereocenters. The fraction of sp³-hybridized carbons (Fsp3) is 0.579. The summed E-state index contributed by atoms with van der Waals surface area (Å²) >= 11 is 2.56. The number of H-pyrrole nitrogens is 1. The van der Waals surface area contributed by atoms with E-state index in [1.807, 2.05) is 0 Å². The lowest BCUT2D eigenvalue weighted by atomic mass is 9.96. The number of hydrogen-bond donors (Lipinski definition) is 2. The van der Waals surface area contributed by atoms with Gasteiger partial charge >= 0.3 is 16.6 Å². The van der Waals surface area contributed by atoms with Gasteiger partial charge in [-0.3, -0.25) is 9.32 Å². The van der Waals surface area contributed by atoms with Gasteiger partial charge in [-0.1, -0.05) is 17.5 Å². The highest BCUT2D eigenvalue weighted by Gasteiger charge is 2.29. The molecule has 1 aliphatic carbocycles. The van der Waals surface area contributed by atoms with Gasteiger partial charge in [0, 0.05) is 4.88 Å². The van der Waals surface area contributed by atoms with E-state index in [-0.39, 0.29) is 18.5 Å². The number of carbonyl (C=O) groups is 2. The summed E-state index contributed by atoms with van der Waals surface area (Å²) in [5.41, 5.74) is 0.982. The van der Waals surface area contributed by atoms with E-state index >= 15 is 0 Å². The second-order valence-electron chi connectivity index (χ2n) is 6.94. The number of carbonyl (C=O) groups excluding carboxylic acids is 2. The summed E-state index contributed by atoms with van der Waals surface area (Å²) in [6.45, 7) is 3.76. The van der Waals surface area contributed by atoms with Crippen LogP contribution in [-0.4, -0.2) is 29.0 Å². The van der Waals surface area contributed by atoms with E-state index in [2.05, 4.69) is 10.6 Å². The number of hydrogen-bond acceptors (Lipinski definition) is 7. The number of fused-ring (bicyclic) bond motifs is 1. The SMILES string of the molecule is CCOC(=O)c1c(NC(=O)C(C)Sc2c(=O)o[nH][n+]2C)sc2c1CCCCCC2. The van der Waals surface area contributed by atoms with Crippen molar-refractivity contribution in [3.63, 3.8) is 0 Å². The van der Waals surface area contributed by atoms with Gasteiger partial charge in [0.05, 0.1) is 17.4 Å². The summed E-state index contributed by atoms with van der Waals surface area (Å²) in [6.07, 6.45) is 6.15. The first-order valence-corrected chi connectivity index (χ1v) is 11.5. The molecule has 3 rings (SSSR count). The van der Waals surface area contributed by atoms with Crippen LogP contribution in [0.5, 0.6) is 0 Å². The number of amides is 1. The Hall–Kier alpha value is -2.07. The normalized spacial score (nSPS) is 15.1. The Morgan fingerprint density at radius 1 is 1.31 bits per heavy atom. The second-order valence-corrected chi connectivity index (χ2v) is 9.37. The Kier molecular flexibility index (Phi) is 7.18. The third kappa shape index (κ3) is 4.92. The lowest BCUT2D eigenvalue weighted by Gasteiger charge is -2.12. The first kappa shape index (κ1) is 21.6. The van der Waals surface area contributed by atoms with Gasteiger partial charge in [-0.2, -0.15) is 0 Å². The number of ether oxygens (including phenoxy) is 1. The Balaban J connectivity index is 1.85. The Morgan fingerprint density at radius 3 is 2.69 bits per heavy atom. The van der Waals surface area contributed by atoms with E-state index in [0.29, 0.717) is 15.6 Å². The molecule has 2 heterocycles. The average molecular weight is 441 g/mol. The van der Waals surface area contributed by atoms with Gasteiger partial charge in [-0.15, -0.1) is 11.3 Å². The minimum Gasteiger partial charge on any atom is -0.462 e. The molecule has 2 aromatic heterocycles. The van der Waals surface area contributed by atoms with Crippen molar-refractivity contribution in [2.24, 2.45) is 7.05 Å². The molecule has 0 radical (unpaired) electrons. The van der Waals surface area contributed by atoms with Crippen LogP contribution < -0.4 is 15.6 Å². The molecule has 1 amide bonds. The molecule has 0 aliphatic heterocycles. The van der Waals surface area contributed by atoms with Gasteiger partial charge in [-0.05, 0) is 62.1 Å². The number of aromatic amines is 1. The van der Waals surface area contributed by atoms with Crippen molar-refractivity contribution in [2.75, 3.05) is 11.9 Å². The minimum absolute atomic E-state index is 0.281. The van der Waals surface area contributed by atoms with E-state index < -0.39 is 10.9 Å². The molecule has 8 nitrogen and oxygen atoms in total. The summed E-state index contributed by atoms with van der Waals surface area (Å²) in [5, 5.41) is 5.62. The minimum atomic E-state index is -0.556. The van der Waals surface area contributed by atoms with Gasteiger partial charge in [0.15, 0.2) is 7.05 Å². The largest absolute Gasteiger partial charge is 0.462 e. The van der Waals surface area contributed by atoms with E-state index in [4.69, 9.17) is 9.26 Å². The maximum atomic E-state index is 12.8. The zero-order chi connectivity index (χ0) is 21.0. The number of aromatic nitrogens is 2. The third-order valence-electron chi connectivity index (χ3n) is 4.80. The number of nitrogens with one attached hydrogen (secondary N) is 2. The number of thioether (sulfide) groups is 1. The fourth-order valence-corrected chi connectivity index (χ4v) is 5.43. The number of aryl methyl sites for hydroxylation is 2. The quantitative estimate of drug-likeness (QED) is 0.407. The van der Waals surface area contributed by atoms with Crippen molar-refractivity contribution in [1.82, 2.24) is 5.27 Å². The molecule has 0 saturated carbocycles. The summed E-state index contributed by atoms with van der Waals surface area (Å²) in [6, 6.07) is 0. The molecular weight excluding hydrogens is 414 g/mol.